The van der Waals surface area contributed by atoms with E-state index < -0.39 is 0 Å². The molecule has 2 aromatic carbocycles. The van der Waals surface area contributed by atoms with Gasteiger partial charge in [0, 0.05) is 36.0 Å². The molecule has 0 saturated heterocycles. The Morgan fingerprint density at radius 3 is 2.80 bits per heavy atom. The maximum Gasteiger partial charge on any atom is 0.0740 e. The first-order chi connectivity index (χ1) is 12.2. The van der Waals surface area contributed by atoms with Crippen LogP contribution >= 0.6 is 0 Å². The average molecular weight is 330 g/mol. The molecule has 0 saturated carbocycles. The van der Waals surface area contributed by atoms with Gasteiger partial charge in [-0.3, -0.25) is 4.68 Å². The first-order valence-corrected chi connectivity index (χ1v) is 8.63. The molecule has 0 fully saturated rings. The van der Waals surface area contributed by atoms with Crippen LogP contribution < -0.4 is 10.6 Å². The number of rotatable bonds is 3. The third-order valence-corrected chi connectivity index (χ3v) is 4.70. The fourth-order valence-electron chi connectivity index (χ4n) is 3.25. The Bertz CT molecular complexity index is 895. The van der Waals surface area contributed by atoms with E-state index in [-0.39, 0.29) is 6.04 Å². The molecule has 25 heavy (non-hydrogen) atoms. The van der Waals surface area contributed by atoms with Crippen LogP contribution in [0.25, 0.3) is 11.1 Å². The molecule has 0 spiro atoms. The fourth-order valence-corrected chi connectivity index (χ4v) is 3.25. The lowest BCUT2D eigenvalue weighted by Crippen LogP contribution is -2.06. The molecule has 1 aromatic heterocycles. The molecule has 1 atom stereocenters. The van der Waals surface area contributed by atoms with Crippen molar-refractivity contribution in [1.29, 1.82) is 0 Å². The maximum atomic E-state index is 4.61. The van der Waals surface area contributed by atoms with Gasteiger partial charge in [0.15, 0.2) is 0 Å². The Labute approximate surface area is 148 Å². The number of fused-ring (bicyclic) bond motifs is 1. The normalized spacial score (nSPS) is 14.8. The van der Waals surface area contributed by atoms with E-state index in [0.717, 1.165) is 41.2 Å². The molecule has 126 valence electrons. The van der Waals surface area contributed by atoms with Gasteiger partial charge in [-0.15, -0.1) is 0 Å². The second-order valence-corrected chi connectivity index (χ2v) is 6.43. The molecule has 2 N–H and O–H groups in total. The summed E-state index contributed by atoms with van der Waals surface area (Å²) in [7, 11) is 0. The van der Waals surface area contributed by atoms with Crippen LogP contribution in [-0.4, -0.2) is 16.3 Å². The van der Waals surface area contributed by atoms with Gasteiger partial charge in [0.25, 0.3) is 0 Å². The second-order valence-electron chi connectivity index (χ2n) is 6.43. The van der Waals surface area contributed by atoms with E-state index in [4.69, 9.17) is 0 Å². The summed E-state index contributed by atoms with van der Waals surface area (Å²) in [6, 6.07) is 16.9. The molecule has 0 bridgehead atoms. The van der Waals surface area contributed by atoms with Crippen LogP contribution in [0.1, 0.15) is 24.9 Å². The van der Waals surface area contributed by atoms with Gasteiger partial charge in [-0.2, -0.15) is 5.10 Å². The number of aromatic nitrogens is 2. The fraction of sp³-hybridized carbons (Fsp3) is 0.190. The van der Waals surface area contributed by atoms with E-state index in [1.165, 1.54) is 5.56 Å². The van der Waals surface area contributed by atoms with Crippen LogP contribution in [0.4, 0.5) is 11.4 Å². The van der Waals surface area contributed by atoms with Crippen LogP contribution in [0.2, 0.25) is 0 Å². The van der Waals surface area contributed by atoms with Crippen LogP contribution in [0, 0.1) is 0 Å². The molecule has 4 nitrogen and oxygen atoms in total. The summed E-state index contributed by atoms with van der Waals surface area (Å²) in [6.07, 6.45) is 4.98. The molecule has 1 aliphatic heterocycles. The van der Waals surface area contributed by atoms with Crippen LogP contribution in [-0.2, 0) is 0 Å². The maximum absolute atomic E-state index is 4.61. The van der Waals surface area contributed by atoms with Crippen LogP contribution in [0.5, 0.6) is 0 Å². The van der Waals surface area contributed by atoms with Crippen LogP contribution in [0.3, 0.4) is 0 Å². The highest BCUT2D eigenvalue weighted by Crippen LogP contribution is 2.36. The van der Waals surface area contributed by atoms with E-state index in [9.17, 15) is 0 Å². The summed E-state index contributed by atoms with van der Waals surface area (Å²) in [5, 5.41) is 11.5. The number of benzene rings is 2. The molecule has 4 rings (SSSR count). The Kier molecular flexibility index (Phi) is 4.02. The molecule has 0 radical (unpaired) electrons. The molecule has 1 unspecified atom stereocenters. The summed E-state index contributed by atoms with van der Waals surface area (Å²) in [6.45, 7) is 7.12. The highest BCUT2D eigenvalue weighted by Gasteiger charge is 2.16. The van der Waals surface area contributed by atoms with E-state index in [1.807, 2.05) is 16.9 Å². The molecule has 2 heterocycles. The van der Waals surface area contributed by atoms with E-state index in [0.29, 0.717) is 0 Å². The van der Waals surface area contributed by atoms with Gasteiger partial charge in [0.05, 0.1) is 23.6 Å². The van der Waals surface area contributed by atoms with Crippen molar-refractivity contribution in [3.05, 3.63) is 78.8 Å². The van der Waals surface area contributed by atoms with Gasteiger partial charge in [0.1, 0.15) is 0 Å². The summed E-state index contributed by atoms with van der Waals surface area (Å²) in [4.78, 5) is 0. The molecular formula is C21H22N4. The van der Waals surface area contributed by atoms with Crippen molar-refractivity contribution in [2.75, 3.05) is 17.2 Å². The molecule has 1 aliphatic rings. The van der Waals surface area contributed by atoms with Gasteiger partial charge in [-0.05, 0) is 18.6 Å². The number of nitrogens with one attached hydrogen (secondary N) is 2. The van der Waals surface area contributed by atoms with E-state index >= 15 is 0 Å². The first-order valence-electron chi connectivity index (χ1n) is 8.63. The van der Waals surface area contributed by atoms with Crippen molar-refractivity contribution < 1.29 is 0 Å². The highest BCUT2D eigenvalue weighted by atomic mass is 15.3. The lowest BCUT2D eigenvalue weighted by molar-refractivity contribution is 0.565. The topological polar surface area (TPSA) is 41.9 Å². The predicted octanol–water partition coefficient (Wildman–Crippen LogP) is 4.90. The molecular weight excluding hydrogens is 308 g/mol. The van der Waals surface area contributed by atoms with Crippen LogP contribution in [0.15, 0.2) is 73.2 Å². The zero-order valence-electron chi connectivity index (χ0n) is 14.4. The zero-order chi connectivity index (χ0) is 17.2. The minimum Gasteiger partial charge on any atom is -0.382 e. The Morgan fingerprint density at radius 1 is 1.12 bits per heavy atom. The van der Waals surface area contributed by atoms with Crippen molar-refractivity contribution in [2.45, 2.75) is 19.4 Å². The van der Waals surface area contributed by atoms with Crippen molar-refractivity contribution in [2.24, 2.45) is 0 Å². The van der Waals surface area contributed by atoms with Gasteiger partial charge in [-0.1, -0.05) is 49.0 Å². The number of hydrogen-bond donors (Lipinski definition) is 2. The molecule has 4 heteroatoms. The summed E-state index contributed by atoms with van der Waals surface area (Å²) in [5.74, 6) is 0. The molecule has 0 amide bonds. The van der Waals surface area contributed by atoms with Gasteiger partial charge < -0.3 is 10.6 Å². The summed E-state index contributed by atoms with van der Waals surface area (Å²) in [5.41, 5.74) is 6.75. The van der Waals surface area contributed by atoms with Gasteiger partial charge in [-0.25, -0.2) is 0 Å². The first kappa shape index (κ1) is 15.5. The smallest absolute Gasteiger partial charge is 0.0740 e. The Hall–Kier alpha value is -3.01. The largest absolute Gasteiger partial charge is 0.382 e. The second kappa shape index (κ2) is 6.48. The summed E-state index contributed by atoms with van der Waals surface area (Å²) >= 11 is 0. The van der Waals surface area contributed by atoms with E-state index in [1.54, 1.807) is 0 Å². The number of para-hydroxylation sites is 1. The van der Waals surface area contributed by atoms with E-state index in [2.05, 4.69) is 77.9 Å². The number of anilines is 2. The average Bonchev–Trinajstić information content (AvgIpc) is 3.04. The van der Waals surface area contributed by atoms with Crippen molar-refractivity contribution >= 4 is 11.4 Å². The third-order valence-electron chi connectivity index (χ3n) is 4.70. The number of hydrogen-bond acceptors (Lipinski definition) is 3. The zero-order valence-corrected chi connectivity index (χ0v) is 14.4. The Morgan fingerprint density at radius 2 is 1.96 bits per heavy atom. The third kappa shape index (κ3) is 3.03. The lowest BCUT2D eigenvalue weighted by Gasteiger charge is -2.14. The Balaban J connectivity index is 1.69. The summed E-state index contributed by atoms with van der Waals surface area (Å²) < 4.78 is 2.02. The van der Waals surface area contributed by atoms with Gasteiger partial charge >= 0.3 is 0 Å². The number of nitrogens with zero attached hydrogens (tertiary/aromatic N) is 2. The molecule has 3 aromatic rings. The minimum atomic E-state index is 0.197. The highest BCUT2D eigenvalue weighted by molar-refractivity contribution is 5.88. The van der Waals surface area contributed by atoms with Crippen molar-refractivity contribution in [1.82, 2.24) is 9.78 Å². The molecule has 0 aliphatic carbocycles. The monoisotopic (exact) mass is 330 g/mol. The van der Waals surface area contributed by atoms with Gasteiger partial charge in [0.2, 0.25) is 0 Å². The SMILES string of the molecule is C=C1CCNc2c(cccc2-c2cnn(C(C)c3ccccc3)c2)N1. The minimum absolute atomic E-state index is 0.197. The lowest BCUT2D eigenvalue weighted by atomic mass is 10.1. The predicted molar refractivity (Wildman–Crippen MR) is 104 cm³/mol. The van der Waals surface area contributed by atoms with Crippen molar-refractivity contribution in [3.63, 3.8) is 0 Å². The quantitative estimate of drug-likeness (QED) is 0.717. The van der Waals surface area contributed by atoms with Crippen molar-refractivity contribution in [3.8, 4) is 11.1 Å². The standard InChI is InChI=1S/C21H22N4/c1-15-11-12-22-21-19(9-6-10-20(21)24-15)18-13-23-25(14-18)16(2)17-7-4-3-5-8-17/h3-10,13-14,16,22,24H,1,11-12H2,2H3.